The number of fused-ring (bicyclic) bond motifs is 1. The average molecular weight is 471 g/mol. The van der Waals surface area contributed by atoms with Crippen molar-refractivity contribution in [2.24, 2.45) is 0 Å². The van der Waals surface area contributed by atoms with Gasteiger partial charge in [-0.15, -0.1) is 0 Å². The van der Waals surface area contributed by atoms with Crippen LogP contribution in [0.2, 0.25) is 0 Å². The summed E-state index contributed by atoms with van der Waals surface area (Å²) in [4.78, 5) is 12.8. The fourth-order valence-electron chi connectivity index (χ4n) is 3.89. The third kappa shape index (κ3) is 4.95. The number of nitrogens with one attached hydrogen (secondary N) is 4. The van der Waals surface area contributed by atoms with Crippen LogP contribution in [0.15, 0.2) is 54.7 Å². The van der Waals surface area contributed by atoms with Crippen molar-refractivity contribution in [2.45, 2.75) is 38.8 Å². The molecule has 2 heterocycles. The molecule has 2 atom stereocenters. The minimum absolute atomic E-state index is 0.142. The Bertz CT molecular complexity index is 1170. The molecule has 3 aromatic rings. The van der Waals surface area contributed by atoms with Crippen molar-refractivity contribution in [1.82, 2.24) is 20.6 Å². The van der Waals surface area contributed by atoms with Crippen molar-refractivity contribution in [1.29, 1.82) is 0 Å². The first-order valence-electron chi connectivity index (χ1n) is 10.4. The molecule has 1 aliphatic rings. The average Bonchev–Trinajstić information content (AvgIpc) is 3.23. The molecule has 0 radical (unpaired) electrons. The van der Waals surface area contributed by atoms with Crippen LogP contribution in [0, 0.1) is 13.8 Å². The monoisotopic (exact) mass is 470 g/mol. The molecule has 7 nitrogen and oxygen atoms in total. The number of carbonyl (C=O) groups is 1. The highest BCUT2D eigenvalue weighted by Crippen LogP contribution is 2.39. The van der Waals surface area contributed by atoms with Crippen molar-refractivity contribution >= 4 is 34.7 Å². The molecule has 1 aliphatic heterocycles. The number of halogens is 2. The first-order chi connectivity index (χ1) is 15.8. The summed E-state index contributed by atoms with van der Waals surface area (Å²) in [7, 11) is 0. The number of thiocarbonyl (C=S) groups is 1. The zero-order chi connectivity index (χ0) is 23.5. The van der Waals surface area contributed by atoms with Crippen LogP contribution >= 0.6 is 12.2 Å². The second-order valence-corrected chi connectivity index (χ2v) is 8.36. The molecule has 0 saturated heterocycles. The SMILES string of the molecule is Cc1ccc(NC(=S)NNC(=O)c2cnn3c2N[C@@H](c2ccccc2)C[C@@H]3C(F)F)c(C)c1. The number of benzene rings is 2. The van der Waals surface area contributed by atoms with Gasteiger partial charge in [-0.3, -0.25) is 15.6 Å². The summed E-state index contributed by atoms with van der Waals surface area (Å²) >= 11 is 5.26. The number of aromatic nitrogens is 2. The van der Waals surface area contributed by atoms with Crippen LogP contribution < -0.4 is 21.5 Å². The summed E-state index contributed by atoms with van der Waals surface area (Å²) in [6, 6.07) is 13.6. The third-order valence-corrected chi connectivity index (χ3v) is 5.76. The van der Waals surface area contributed by atoms with E-state index in [9.17, 15) is 13.6 Å². The van der Waals surface area contributed by atoms with Crippen molar-refractivity contribution in [2.75, 3.05) is 10.6 Å². The minimum Gasteiger partial charge on any atom is -0.363 e. The summed E-state index contributed by atoms with van der Waals surface area (Å²) in [5, 5.41) is 10.5. The molecule has 4 rings (SSSR count). The van der Waals surface area contributed by atoms with Gasteiger partial charge in [0.1, 0.15) is 17.4 Å². The van der Waals surface area contributed by atoms with Gasteiger partial charge in [0.25, 0.3) is 12.3 Å². The summed E-state index contributed by atoms with van der Waals surface area (Å²) < 4.78 is 28.8. The predicted molar refractivity (Wildman–Crippen MR) is 127 cm³/mol. The lowest BCUT2D eigenvalue weighted by Crippen LogP contribution is -2.44. The van der Waals surface area contributed by atoms with Gasteiger partial charge >= 0.3 is 0 Å². The van der Waals surface area contributed by atoms with Gasteiger partial charge in [0.05, 0.1) is 12.2 Å². The van der Waals surface area contributed by atoms with E-state index in [-0.39, 0.29) is 29.0 Å². The Labute approximate surface area is 195 Å². The van der Waals surface area contributed by atoms with Crippen molar-refractivity contribution in [3.8, 4) is 0 Å². The molecule has 0 bridgehead atoms. The van der Waals surface area contributed by atoms with Crippen molar-refractivity contribution < 1.29 is 13.6 Å². The quantitative estimate of drug-likeness (QED) is 0.332. The van der Waals surface area contributed by atoms with E-state index in [1.165, 1.54) is 10.9 Å². The summed E-state index contributed by atoms with van der Waals surface area (Å²) in [5.74, 6) is -0.303. The highest BCUT2D eigenvalue weighted by Gasteiger charge is 2.36. The highest BCUT2D eigenvalue weighted by molar-refractivity contribution is 7.80. The Kier molecular flexibility index (Phi) is 6.55. The Morgan fingerprint density at radius 1 is 1.18 bits per heavy atom. The number of amides is 1. The summed E-state index contributed by atoms with van der Waals surface area (Å²) in [6.07, 6.45) is -1.19. The van der Waals surface area contributed by atoms with Gasteiger partial charge in [-0.25, -0.2) is 13.5 Å². The maximum absolute atomic E-state index is 13.8. The molecule has 2 aromatic carbocycles. The van der Waals surface area contributed by atoms with Crippen LogP contribution in [-0.2, 0) is 0 Å². The largest absolute Gasteiger partial charge is 0.363 e. The van der Waals surface area contributed by atoms with E-state index in [0.29, 0.717) is 0 Å². The Balaban J connectivity index is 1.47. The molecule has 0 unspecified atom stereocenters. The van der Waals surface area contributed by atoms with Crippen LogP contribution in [0.4, 0.5) is 20.3 Å². The second kappa shape index (κ2) is 9.53. The van der Waals surface area contributed by atoms with Crippen LogP contribution in [0.3, 0.4) is 0 Å². The lowest BCUT2D eigenvalue weighted by Gasteiger charge is -2.32. The Morgan fingerprint density at radius 2 is 1.94 bits per heavy atom. The number of aryl methyl sites for hydroxylation is 2. The second-order valence-electron chi connectivity index (χ2n) is 7.95. The van der Waals surface area contributed by atoms with E-state index in [1.54, 1.807) is 0 Å². The van der Waals surface area contributed by atoms with Gasteiger partial charge in [0, 0.05) is 5.69 Å². The molecule has 0 fully saturated rings. The third-order valence-electron chi connectivity index (χ3n) is 5.55. The molecule has 10 heteroatoms. The molecular weight excluding hydrogens is 446 g/mol. The molecule has 0 aliphatic carbocycles. The Morgan fingerprint density at radius 3 is 2.64 bits per heavy atom. The van der Waals surface area contributed by atoms with Crippen LogP contribution in [0.5, 0.6) is 0 Å². The normalized spacial score (nSPS) is 17.1. The number of hydrazine groups is 1. The molecule has 1 amide bonds. The van der Waals surface area contributed by atoms with E-state index in [4.69, 9.17) is 12.2 Å². The number of carbonyl (C=O) groups excluding carboxylic acids is 1. The minimum atomic E-state index is -2.62. The smallest absolute Gasteiger partial charge is 0.275 e. The van der Waals surface area contributed by atoms with E-state index >= 15 is 0 Å². The van der Waals surface area contributed by atoms with Crippen LogP contribution in [-0.4, -0.2) is 27.2 Å². The zero-order valence-electron chi connectivity index (χ0n) is 18.1. The van der Waals surface area contributed by atoms with E-state index in [0.717, 1.165) is 22.4 Å². The lowest BCUT2D eigenvalue weighted by molar-refractivity contribution is 0.0656. The van der Waals surface area contributed by atoms with Gasteiger partial charge < -0.3 is 10.6 Å². The number of alkyl halides is 2. The standard InChI is InChI=1S/C23H24F2N6OS/c1-13-8-9-17(14(2)10-13)28-23(33)30-29-22(32)16-12-26-31-19(20(24)25)11-18(27-21(16)31)15-6-4-3-5-7-15/h3-10,12,18-20,27H,11H2,1-2H3,(H,29,32)(H2,28,30,33)/t18-,19-/m1/s1. The number of nitrogens with zero attached hydrogens (tertiary/aromatic N) is 2. The lowest BCUT2D eigenvalue weighted by atomic mass is 9.97. The molecule has 0 saturated carbocycles. The molecule has 172 valence electrons. The predicted octanol–water partition coefficient (Wildman–Crippen LogP) is 4.49. The van der Waals surface area contributed by atoms with Crippen LogP contribution in [0.25, 0.3) is 0 Å². The fourth-order valence-corrected chi connectivity index (χ4v) is 4.05. The van der Waals surface area contributed by atoms with Gasteiger partial charge in [-0.05, 0) is 49.7 Å². The molecule has 1 aromatic heterocycles. The van der Waals surface area contributed by atoms with Crippen molar-refractivity contribution in [3.05, 3.63) is 77.0 Å². The zero-order valence-corrected chi connectivity index (χ0v) is 18.9. The van der Waals surface area contributed by atoms with Gasteiger partial charge in [-0.2, -0.15) is 5.10 Å². The highest BCUT2D eigenvalue weighted by atomic mass is 32.1. The molecule has 4 N–H and O–H groups in total. The molecule has 0 spiro atoms. The molecule has 33 heavy (non-hydrogen) atoms. The number of hydrogen-bond donors (Lipinski definition) is 4. The first kappa shape index (κ1) is 22.7. The van der Waals surface area contributed by atoms with Gasteiger partial charge in [0.2, 0.25) is 0 Å². The van der Waals surface area contributed by atoms with Gasteiger partial charge in [-0.1, -0.05) is 48.0 Å². The van der Waals surface area contributed by atoms with E-state index in [1.807, 2.05) is 62.4 Å². The molecular formula is C23H24F2N6OS. The number of rotatable bonds is 4. The van der Waals surface area contributed by atoms with Gasteiger partial charge in [0.15, 0.2) is 5.11 Å². The van der Waals surface area contributed by atoms with Crippen LogP contribution in [0.1, 0.15) is 45.6 Å². The number of anilines is 2. The fraction of sp³-hybridized carbons (Fsp3) is 0.261. The maximum Gasteiger partial charge on any atom is 0.275 e. The number of hydrogen-bond acceptors (Lipinski definition) is 4. The van der Waals surface area contributed by atoms with Crippen molar-refractivity contribution in [3.63, 3.8) is 0 Å². The van der Waals surface area contributed by atoms with E-state index < -0.39 is 18.4 Å². The Hall–Kier alpha value is -3.53. The maximum atomic E-state index is 13.8. The van der Waals surface area contributed by atoms with E-state index in [2.05, 4.69) is 26.6 Å². The summed E-state index contributed by atoms with van der Waals surface area (Å²) in [5.41, 5.74) is 9.10. The first-order valence-corrected chi connectivity index (χ1v) is 10.9. The summed E-state index contributed by atoms with van der Waals surface area (Å²) in [6.45, 7) is 3.94. The topological polar surface area (TPSA) is 83.0 Å².